The number of halogens is 1. The molecule has 0 amide bonds. The van der Waals surface area contributed by atoms with Crippen molar-refractivity contribution in [2.45, 2.75) is 10.9 Å². The zero-order valence-electron chi connectivity index (χ0n) is 11.6. The van der Waals surface area contributed by atoms with Crippen molar-refractivity contribution in [3.05, 3.63) is 77.1 Å². The Morgan fingerprint density at radius 1 is 1.09 bits per heavy atom. The lowest BCUT2D eigenvalue weighted by Gasteiger charge is -2.01. The minimum atomic E-state index is 0.665. The van der Waals surface area contributed by atoms with E-state index >= 15 is 0 Å². The predicted octanol–water partition coefficient (Wildman–Crippen LogP) is 4.11. The molecule has 0 bridgehead atoms. The monoisotopic (exact) mass is 328 g/mol. The first kappa shape index (κ1) is 14.8. The first-order valence-corrected chi connectivity index (χ1v) is 8.05. The number of thioether (sulfide) groups is 1. The van der Waals surface area contributed by atoms with Gasteiger partial charge in [0, 0.05) is 16.3 Å². The largest absolute Gasteiger partial charge is 0.212 e. The Morgan fingerprint density at radius 2 is 1.86 bits per heavy atom. The molecule has 1 aromatic heterocycles. The number of nitrogens with zero attached hydrogens (tertiary/aromatic N) is 4. The minimum absolute atomic E-state index is 0.665. The molecule has 0 aliphatic rings. The second kappa shape index (κ2) is 7.24. The lowest BCUT2D eigenvalue weighted by molar-refractivity contribution is 0.767. The molecule has 0 N–H and O–H groups in total. The van der Waals surface area contributed by atoms with Gasteiger partial charge >= 0.3 is 0 Å². The third kappa shape index (κ3) is 3.75. The van der Waals surface area contributed by atoms with Crippen LogP contribution in [0, 0.1) is 0 Å². The van der Waals surface area contributed by atoms with Crippen molar-refractivity contribution in [1.29, 1.82) is 0 Å². The maximum Gasteiger partial charge on any atom is 0.212 e. The van der Waals surface area contributed by atoms with E-state index in [1.807, 2.05) is 42.5 Å². The van der Waals surface area contributed by atoms with Crippen molar-refractivity contribution in [3.8, 4) is 0 Å². The quantitative estimate of drug-likeness (QED) is 0.523. The maximum atomic E-state index is 6.11. The Labute approximate surface area is 137 Å². The van der Waals surface area contributed by atoms with Crippen molar-refractivity contribution < 1.29 is 0 Å². The van der Waals surface area contributed by atoms with Crippen molar-refractivity contribution >= 4 is 29.6 Å². The number of benzene rings is 2. The van der Waals surface area contributed by atoms with Crippen LogP contribution < -0.4 is 0 Å². The van der Waals surface area contributed by atoms with Gasteiger partial charge in [-0.15, -0.1) is 10.2 Å². The molecule has 0 fully saturated rings. The summed E-state index contributed by atoms with van der Waals surface area (Å²) < 4.78 is 1.65. The van der Waals surface area contributed by atoms with Crippen LogP contribution >= 0.6 is 23.4 Å². The van der Waals surface area contributed by atoms with Gasteiger partial charge in [-0.3, -0.25) is 0 Å². The summed E-state index contributed by atoms with van der Waals surface area (Å²) >= 11 is 7.70. The van der Waals surface area contributed by atoms with Gasteiger partial charge in [-0.25, -0.2) is 0 Å². The van der Waals surface area contributed by atoms with Crippen molar-refractivity contribution in [2.75, 3.05) is 0 Å². The van der Waals surface area contributed by atoms with E-state index in [1.165, 1.54) is 5.56 Å². The molecule has 0 unspecified atom stereocenters. The summed E-state index contributed by atoms with van der Waals surface area (Å²) in [6.45, 7) is 0. The molecule has 4 nitrogen and oxygen atoms in total. The third-order valence-electron chi connectivity index (χ3n) is 2.94. The Bertz CT molecular complexity index is 771. The molecule has 3 rings (SSSR count). The zero-order chi connectivity index (χ0) is 15.2. The fourth-order valence-electron chi connectivity index (χ4n) is 1.82. The molecule has 6 heteroatoms. The summed E-state index contributed by atoms with van der Waals surface area (Å²) in [5, 5.41) is 13.8. The Morgan fingerprint density at radius 3 is 2.68 bits per heavy atom. The van der Waals surface area contributed by atoms with E-state index in [9.17, 15) is 0 Å². The topological polar surface area (TPSA) is 43.1 Å². The van der Waals surface area contributed by atoms with E-state index in [0.717, 1.165) is 16.5 Å². The Hall–Kier alpha value is -2.11. The van der Waals surface area contributed by atoms with Crippen molar-refractivity contribution in [3.63, 3.8) is 0 Å². The van der Waals surface area contributed by atoms with Gasteiger partial charge in [0.25, 0.3) is 0 Å². The summed E-state index contributed by atoms with van der Waals surface area (Å²) in [7, 11) is 0. The second-order valence-corrected chi connectivity index (χ2v) is 5.85. The lowest BCUT2D eigenvalue weighted by Crippen LogP contribution is -1.93. The molecule has 0 saturated carbocycles. The SMILES string of the molecule is Clc1ccccc1/C=N/n1cnnc1SCc1ccccc1. The second-order valence-electron chi connectivity index (χ2n) is 4.50. The van der Waals surface area contributed by atoms with Crippen LogP contribution in [-0.2, 0) is 5.75 Å². The van der Waals surface area contributed by atoms with E-state index in [4.69, 9.17) is 11.6 Å². The van der Waals surface area contributed by atoms with Gasteiger partial charge in [0.1, 0.15) is 6.33 Å². The number of hydrogen-bond donors (Lipinski definition) is 0. The van der Waals surface area contributed by atoms with E-state index in [2.05, 4.69) is 27.4 Å². The summed E-state index contributed by atoms with van der Waals surface area (Å²) in [6, 6.07) is 17.8. The Balaban J connectivity index is 1.71. The van der Waals surface area contributed by atoms with Crippen LogP contribution in [0.25, 0.3) is 0 Å². The van der Waals surface area contributed by atoms with Crippen LogP contribution in [0.15, 0.2) is 71.2 Å². The van der Waals surface area contributed by atoms with Crippen LogP contribution in [0.2, 0.25) is 5.02 Å². The molecule has 0 saturated heterocycles. The summed E-state index contributed by atoms with van der Waals surface area (Å²) in [5.41, 5.74) is 2.09. The van der Waals surface area contributed by atoms with Gasteiger partial charge < -0.3 is 0 Å². The number of hydrogen-bond acceptors (Lipinski definition) is 4. The molecule has 0 atom stereocenters. The zero-order valence-corrected chi connectivity index (χ0v) is 13.2. The molecule has 1 heterocycles. The first-order chi connectivity index (χ1) is 10.8. The van der Waals surface area contributed by atoms with Crippen LogP contribution in [0.4, 0.5) is 0 Å². The fourth-order valence-corrected chi connectivity index (χ4v) is 2.82. The van der Waals surface area contributed by atoms with Gasteiger partial charge in [-0.05, 0) is 11.6 Å². The van der Waals surface area contributed by atoms with Gasteiger partial charge in [0.05, 0.1) is 6.21 Å². The highest BCUT2D eigenvalue weighted by molar-refractivity contribution is 7.98. The van der Waals surface area contributed by atoms with Crippen LogP contribution in [0.1, 0.15) is 11.1 Å². The molecule has 0 radical (unpaired) electrons. The molecule has 0 aliphatic heterocycles. The average molecular weight is 329 g/mol. The van der Waals surface area contributed by atoms with Gasteiger partial charge in [0.15, 0.2) is 0 Å². The molecule has 22 heavy (non-hydrogen) atoms. The maximum absolute atomic E-state index is 6.11. The first-order valence-electron chi connectivity index (χ1n) is 6.68. The normalized spacial score (nSPS) is 11.1. The van der Waals surface area contributed by atoms with E-state index < -0.39 is 0 Å². The average Bonchev–Trinajstić information content (AvgIpc) is 3.01. The van der Waals surface area contributed by atoms with Gasteiger partial charge in [-0.1, -0.05) is 71.9 Å². The van der Waals surface area contributed by atoms with Crippen LogP contribution in [-0.4, -0.2) is 21.1 Å². The molecule has 0 spiro atoms. The Kier molecular flexibility index (Phi) is 4.88. The molecular weight excluding hydrogens is 316 g/mol. The standard InChI is InChI=1S/C16H13ClN4S/c17-15-9-5-4-8-14(15)10-19-21-12-18-20-16(21)22-11-13-6-2-1-3-7-13/h1-10,12H,11H2/b19-10+. The number of aromatic nitrogens is 3. The van der Waals surface area contributed by atoms with E-state index in [0.29, 0.717) is 5.02 Å². The predicted molar refractivity (Wildman–Crippen MR) is 90.5 cm³/mol. The fraction of sp³-hybridized carbons (Fsp3) is 0.0625. The van der Waals surface area contributed by atoms with Crippen molar-refractivity contribution in [2.24, 2.45) is 5.10 Å². The third-order valence-corrected chi connectivity index (χ3v) is 4.29. The van der Waals surface area contributed by atoms with Gasteiger partial charge in [-0.2, -0.15) is 9.78 Å². The highest BCUT2D eigenvalue weighted by atomic mass is 35.5. The van der Waals surface area contributed by atoms with Crippen LogP contribution in [0.3, 0.4) is 0 Å². The summed E-state index contributed by atoms with van der Waals surface area (Å²) in [4.78, 5) is 0. The summed E-state index contributed by atoms with van der Waals surface area (Å²) in [5.74, 6) is 0.821. The molecule has 2 aromatic carbocycles. The minimum Gasteiger partial charge on any atom is -0.195 e. The molecular formula is C16H13ClN4S. The highest BCUT2D eigenvalue weighted by Gasteiger charge is 2.04. The van der Waals surface area contributed by atoms with E-state index in [-0.39, 0.29) is 0 Å². The van der Waals surface area contributed by atoms with Crippen LogP contribution in [0.5, 0.6) is 0 Å². The van der Waals surface area contributed by atoms with Crippen molar-refractivity contribution in [1.82, 2.24) is 14.9 Å². The summed E-state index contributed by atoms with van der Waals surface area (Å²) in [6.07, 6.45) is 3.29. The number of rotatable bonds is 5. The smallest absolute Gasteiger partial charge is 0.195 e. The molecule has 110 valence electrons. The van der Waals surface area contributed by atoms with Gasteiger partial charge in [0.2, 0.25) is 5.16 Å². The highest BCUT2D eigenvalue weighted by Crippen LogP contribution is 2.20. The lowest BCUT2D eigenvalue weighted by atomic mass is 10.2. The molecule has 0 aliphatic carbocycles. The molecule has 3 aromatic rings. The van der Waals surface area contributed by atoms with E-state index in [1.54, 1.807) is 29.0 Å².